The Morgan fingerprint density at radius 1 is 1.20 bits per heavy atom. The Bertz CT molecular complexity index is 1470. The van der Waals surface area contributed by atoms with Crippen molar-refractivity contribution in [1.29, 1.82) is 0 Å². The lowest BCUT2D eigenvalue weighted by Crippen LogP contribution is -2.65. The number of anilines is 1. The van der Waals surface area contributed by atoms with Gasteiger partial charge in [0.15, 0.2) is 11.6 Å². The number of methoxy groups -OCH3 is 1. The average Bonchev–Trinajstić information content (AvgIpc) is 3.04. The molecular weight excluding hydrogens is 624 g/mol. The Hall–Kier alpha value is -2.99. The van der Waals surface area contributed by atoms with E-state index in [1.165, 1.54) is 18.1 Å². The Morgan fingerprint density at radius 3 is 2.61 bits per heavy atom. The van der Waals surface area contributed by atoms with Crippen molar-refractivity contribution in [3.8, 4) is 11.5 Å². The van der Waals surface area contributed by atoms with Crippen LogP contribution in [0.2, 0.25) is 0 Å². The molecule has 220 valence electrons. The van der Waals surface area contributed by atoms with Crippen molar-refractivity contribution in [3.05, 3.63) is 64.1 Å². The van der Waals surface area contributed by atoms with Gasteiger partial charge in [0.05, 0.1) is 38.6 Å². The van der Waals surface area contributed by atoms with Crippen molar-refractivity contribution in [2.75, 3.05) is 32.3 Å². The van der Waals surface area contributed by atoms with E-state index >= 15 is 4.39 Å². The number of amides is 2. The van der Waals surface area contributed by atoms with Crippen LogP contribution in [0.5, 0.6) is 11.5 Å². The van der Waals surface area contributed by atoms with E-state index in [0.717, 1.165) is 21.3 Å². The van der Waals surface area contributed by atoms with Gasteiger partial charge in [-0.3, -0.25) is 9.59 Å². The fraction of sp³-hybridized carbons (Fsp3) is 0.379. The van der Waals surface area contributed by atoms with Gasteiger partial charge in [-0.05, 0) is 55.1 Å². The van der Waals surface area contributed by atoms with Gasteiger partial charge in [-0.15, -0.1) is 12.4 Å². The summed E-state index contributed by atoms with van der Waals surface area (Å²) < 4.78 is 48.4. The number of hydrogen-bond donors (Lipinski definition) is 2. The molecule has 2 heterocycles. The zero-order valence-electron chi connectivity index (χ0n) is 22.8. The Labute approximate surface area is 251 Å². The van der Waals surface area contributed by atoms with E-state index in [2.05, 4.69) is 26.6 Å². The zero-order valence-corrected chi connectivity index (χ0v) is 25.2. The number of rotatable bonds is 6. The highest BCUT2D eigenvalue weighted by atomic mass is 79.9. The Kier molecular flexibility index (Phi) is 9.42. The summed E-state index contributed by atoms with van der Waals surface area (Å²) in [4.78, 5) is 29.0. The molecule has 8 nitrogen and oxygen atoms in total. The number of nitrogens with zero attached hydrogens (tertiary/aromatic N) is 1. The van der Waals surface area contributed by atoms with Gasteiger partial charge in [-0.25, -0.2) is 4.39 Å². The molecule has 2 N–H and O–H groups in total. The number of carbonyl (C=O) groups is 2. The monoisotopic (exact) mass is 653 g/mol. The molecule has 12 heteroatoms. The highest BCUT2D eigenvalue weighted by Crippen LogP contribution is 2.44. The number of likely N-dealkylation sites (N-methyl/N-ethyl adjacent to an activating group) is 1. The first-order valence-corrected chi connectivity index (χ1v) is 13.8. The summed E-state index contributed by atoms with van der Waals surface area (Å²) in [5, 5.41) is 7.43. The Morgan fingerprint density at radius 2 is 1.93 bits per heavy atom. The summed E-state index contributed by atoms with van der Waals surface area (Å²) in [7, 11) is 3.16. The lowest BCUT2D eigenvalue weighted by molar-refractivity contribution is -0.138. The number of ether oxygens (including phenoxy) is 3. The van der Waals surface area contributed by atoms with Gasteiger partial charge in [0.25, 0.3) is 5.91 Å². The van der Waals surface area contributed by atoms with Crippen molar-refractivity contribution in [2.24, 2.45) is 0 Å². The maximum Gasteiger partial charge on any atom is 0.254 e. The molecule has 0 aromatic heterocycles. The van der Waals surface area contributed by atoms with Crippen LogP contribution < -0.4 is 25.0 Å². The standard InChI is InChI=1S/C29H30BrF2N3O5.ClH/c1-16(33-2)27(36)34-26-28(37)35(15-20-19-6-5-18(30)14-17(19)4-9-23(20)38-3)22-8-7-21(31)24(32)25(22)40-29(26)10-12-39-13-11-29;/h4-9,14,16,26,33H,10-13,15H2,1-3H3,(H,34,36);1H/t16-,26+;/m0./s1. The third-order valence-electron chi connectivity index (χ3n) is 7.70. The van der Waals surface area contributed by atoms with Crippen molar-refractivity contribution in [3.63, 3.8) is 0 Å². The molecule has 2 amide bonds. The lowest BCUT2D eigenvalue weighted by atomic mass is 9.84. The molecule has 0 bridgehead atoms. The second kappa shape index (κ2) is 12.5. The molecule has 1 saturated heterocycles. The van der Waals surface area contributed by atoms with Crippen molar-refractivity contribution >= 4 is 56.6 Å². The third-order valence-corrected chi connectivity index (χ3v) is 8.20. The van der Waals surface area contributed by atoms with Gasteiger partial charge in [-0.1, -0.05) is 28.1 Å². The third kappa shape index (κ3) is 5.73. The number of nitrogens with one attached hydrogen (secondary N) is 2. The maximum atomic E-state index is 15.5. The minimum absolute atomic E-state index is 0. The minimum Gasteiger partial charge on any atom is -0.496 e. The molecule has 0 unspecified atom stereocenters. The fourth-order valence-corrected chi connectivity index (χ4v) is 5.69. The maximum absolute atomic E-state index is 15.5. The summed E-state index contributed by atoms with van der Waals surface area (Å²) in [6.07, 6.45) is 0.374. The second-order valence-electron chi connectivity index (χ2n) is 9.98. The number of hydrogen-bond acceptors (Lipinski definition) is 6. The smallest absolute Gasteiger partial charge is 0.254 e. The zero-order chi connectivity index (χ0) is 28.6. The second-order valence-corrected chi connectivity index (χ2v) is 10.9. The van der Waals surface area contributed by atoms with Crippen LogP contribution >= 0.6 is 28.3 Å². The fourth-order valence-electron chi connectivity index (χ4n) is 5.31. The molecule has 1 fully saturated rings. The van der Waals surface area contributed by atoms with E-state index in [9.17, 15) is 14.0 Å². The first-order chi connectivity index (χ1) is 19.2. The van der Waals surface area contributed by atoms with Crippen LogP contribution in [0.4, 0.5) is 14.5 Å². The first-order valence-electron chi connectivity index (χ1n) is 13.0. The van der Waals surface area contributed by atoms with Crippen LogP contribution in [-0.4, -0.2) is 56.9 Å². The summed E-state index contributed by atoms with van der Waals surface area (Å²) >= 11 is 3.49. The van der Waals surface area contributed by atoms with Crippen molar-refractivity contribution in [1.82, 2.24) is 10.6 Å². The molecule has 3 aromatic rings. The number of fused-ring (bicyclic) bond motifs is 2. The highest BCUT2D eigenvalue weighted by molar-refractivity contribution is 9.10. The number of carbonyl (C=O) groups excluding carboxylic acids is 2. The quantitative estimate of drug-likeness (QED) is 0.394. The molecule has 2 aliphatic rings. The molecule has 2 aliphatic heterocycles. The van der Waals surface area contributed by atoms with E-state index in [4.69, 9.17) is 14.2 Å². The summed E-state index contributed by atoms with van der Waals surface area (Å²) in [6.45, 7) is 2.05. The summed E-state index contributed by atoms with van der Waals surface area (Å²) in [5.41, 5.74) is -0.637. The topological polar surface area (TPSA) is 89.1 Å². The van der Waals surface area contributed by atoms with Gasteiger partial charge >= 0.3 is 0 Å². The van der Waals surface area contributed by atoms with Gasteiger partial charge in [0.2, 0.25) is 11.7 Å². The summed E-state index contributed by atoms with van der Waals surface area (Å²) in [6, 6.07) is 9.88. The molecule has 0 radical (unpaired) electrons. The normalized spacial score (nSPS) is 18.6. The molecule has 3 aromatic carbocycles. The van der Waals surface area contributed by atoms with E-state index in [1.54, 1.807) is 20.0 Å². The minimum atomic E-state index is -1.36. The SMILES string of the molecule is CN[C@@H](C)C(=O)N[C@@H]1C(=O)N(Cc2c(OC)ccc3cc(Br)ccc23)c2ccc(F)c(F)c2OC12CCOCC2.Cl. The van der Waals surface area contributed by atoms with Crippen molar-refractivity contribution < 1.29 is 32.6 Å². The van der Waals surface area contributed by atoms with Gasteiger partial charge < -0.3 is 29.7 Å². The van der Waals surface area contributed by atoms with Crippen LogP contribution in [0, 0.1) is 11.6 Å². The molecule has 41 heavy (non-hydrogen) atoms. The Balaban J connectivity index is 0.00000387. The first kappa shape index (κ1) is 31.0. The van der Waals surface area contributed by atoms with Gasteiger partial charge in [0.1, 0.15) is 17.4 Å². The number of halogens is 4. The molecule has 0 aliphatic carbocycles. The van der Waals surface area contributed by atoms with E-state index in [1.807, 2.05) is 24.3 Å². The molecule has 0 saturated carbocycles. The lowest BCUT2D eigenvalue weighted by Gasteiger charge is -2.41. The van der Waals surface area contributed by atoms with Crippen LogP contribution in [0.3, 0.4) is 0 Å². The predicted octanol–water partition coefficient (Wildman–Crippen LogP) is 4.88. The molecular formula is C29H31BrClF2N3O5. The molecule has 2 atom stereocenters. The van der Waals surface area contributed by atoms with Gasteiger partial charge in [-0.2, -0.15) is 4.39 Å². The van der Waals surface area contributed by atoms with Crippen LogP contribution in [0.25, 0.3) is 10.8 Å². The summed E-state index contributed by atoms with van der Waals surface area (Å²) in [5.74, 6) is -3.12. The van der Waals surface area contributed by atoms with E-state index in [-0.39, 0.29) is 56.4 Å². The number of benzene rings is 3. The van der Waals surface area contributed by atoms with E-state index in [0.29, 0.717) is 11.3 Å². The molecule has 1 spiro atoms. The average molecular weight is 655 g/mol. The molecule has 5 rings (SSSR count). The predicted molar refractivity (Wildman–Crippen MR) is 157 cm³/mol. The van der Waals surface area contributed by atoms with Crippen LogP contribution in [0.15, 0.2) is 46.9 Å². The van der Waals surface area contributed by atoms with Crippen LogP contribution in [-0.2, 0) is 20.9 Å². The largest absolute Gasteiger partial charge is 0.496 e. The van der Waals surface area contributed by atoms with E-state index < -0.39 is 41.1 Å². The van der Waals surface area contributed by atoms with Crippen molar-refractivity contribution in [2.45, 2.75) is 44.0 Å². The van der Waals surface area contributed by atoms with Crippen LogP contribution in [0.1, 0.15) is 25.3 Å². The highest BCUT2D eigenvalue weighted by Gasteiger charge is 2.52. The van der Waals surface area contributed by atoms with Gasteiger partial charge in [0, 0.05) is 22.9 Å².